The van der Waals surface area contributed by atoms with Crippen molar-refractivity contribution in [1.82, 2.24) is 4.31 Å². The molecule has 1 aromatic heterocycles. The predicted octanol–water partition coefficient (Wildman–Crippen LogP) is 2.69. The average molecular weight is 541 g/mol. The molecule has 2 heterocycles. The lowest BCUT2D eigenvalue weighted by Crippen LogP contribution is -2.40. The van der Waals surface area contributed by atoms with E-state index < -0.39 is 27.9 Å². The second kappa shape index (κ2) is 11.8. The molecule has 13 heteroatoms. The number of nitrogens with zero attached hydrogens (tertiary/aromatic N) is 1. The summed E-state index contributed by atoms with van der Waals surface area (Å²) in [5.41, 5.74) is 0.266. The zero-order valence-electron chi connectivity index (χ0n) is 20.4. The van der Waals surface area contributed by atoms with E-state index in [0.29, 0.717) is 5.56 Å². The molecule has 0 bridgehead atoms. The summed E-state index contributed by atoms with van der Waals surface area (Å²) in [5.74, 6) is -1.95. The average Bonchev–Trinajstić information content (AvgIpc) is 3.19. The van der Waals surface area contributed by atoms with Crippen molar-refractivity contribution in [3.05, 3.63) is 39.8 Å². The summed E-state index contributed by atoms with van der Waals surface area (Å²) >= 11 is 0.869. The molecule has 0 saturated carbocycles. The van der Waals surface area contributed by atoms with E-state index in [4.69, 9.17) is 18.9 Å². The summed E-state index contributed by atoms with van der Waals surface area (Å²) in [6.07, 6.45) is 0. The Morgan fingerprint density at radius 2 is 1.72 bits per heavy atom. The van der Waals surface area contributed by atoms with Crippen molar-refractivity contribution < 1.29 is 41.7 Å². The fourth-order valence-electron chi connectivity index (χ4n) is 3.57. The van der Waals surface area contributed by atoms with Crippen LogP contribution in [-0.2, 0) is 24.2 Å². The first-order valence-corrected chi connectivity index (χ1v) is 13.5. The van der Waals surface area contributed by atoms with Gasteiger partial charge in [-0.15, -0.1) is 11.3 Å². The van der Waals surface area contributed by atoms with E-state index in [9.17, 15) is 22.8 Å². The third-order valence-electron chi connectivity index (χ3n) is 5.34. The Kier molecular flexibility index (Phi) is 9.06. The van der Waals surface area contributed by atoms with Crippen LogP contribution in [0.15, 0.2) is 23.1 Å². The maximum Gasteiger partial charge on any atom is 0.348 e. The van der Waals surface area contributed by atoms with E-state index >= 15 is 0 Å². The van der Waals surface area contributed by atoms with Crippen molar-refractivity contribution in [3.8, 4) is 5.75 Å². The minimum atomic E-state index is -3.88. The van der Waals surface area contributed by atoms with Gasteiger partial charge in [0.05, 0.1) is 49.6 Å². The Balaban J connectivity index is 2.01. The van der Waals surface area contributed by atoms with Gasteiger partial charge in [0.25, 0.3) is 5.91 Å². The molecule has 0 spiro atoms. The normalized spacial score (nSPS) is 14.2. The molecule has 1 amide bonds. The number of nitrogens with one attached hydrogen (secondary N) is 1. The first-order valence-electron chi connectivity index (χ1n) is 11.2. The third-order valence-corrected chi connectivity index (χ3v) is 8.42. The van der Waals surface area contributed by atoms with Crippen LogP contribution in [0.3, 0.4) is 0 Å². The van der Waals surface area contributed by atoms with Crippen LogP contribution >= 0.6 is 11.3 Å². The lowest BCUT2D eigenvalue weighted by Gasteiger charge is -2.26. The van der Waals surface area contributed by atoms with E-state index in [0.717, 1.165) is 11.3 Å². The summed E-state index contributed by atoms with van der Waals surface area (Å²) in [7, 11) is -2.53. The van der Waals surface area contributed by atoms with Crippen molar-refractivity contribution in [2.75, 3.05) is 51.9 Å². The first-order chi connectivity index (χ1) is 17.1. The van der Waals surface area contributed by atoms with Crippen LogP contribution in [0.1, 0.15) is 49.8 Å². The molecule has 3 rings (SSSR count). The van der Waals surface area contributed by atoms with Gasteiger partial charge >= 0.3 is 11.9 Å². The Hall–Kier alpha value is -3.00. The van der Waals surface area contributed by atoms with Crippen LogP contribution in [0.5, 0.6) is 5.75 Å². The molecular weight excluding hydrogens is 512 g/mol. The molecule has 1 fully saturated rings. The number of methoxy groups -OCH3 is 1. The van der Waals surface area contributed by atoms with Gasteiger partial charge in [0, 0.05) is 13.1 Å². The monoisotopic (exact) mass is 540 g/mol. The maximum absolute atomic E-state index is 13.3. The molecular formula is C23H28N2O9S2. The maximum atomic E-state index is 13.3. The number of carbonyl (C=O) groups excluding carboxylic acids is 3. The predicted molar refractivity (Wildman–Crippen MR) is 131 cm³/mol. The highest BCUT2D eigenvalue weighted by Gasteiger charge is 2.30. The number of thiophene rings is 1. The lowest BCUT2D eigenvalue weighted by molar-refractivity contribution is 0.0527. The van der Waals surface area contributed by atoms with Crippen LogP contribution in [0.2, 0.25) is 0 Å². The van der Waals surface area contributed by atoms with Crippen LogP contribution in [0, 0.1) is 6.92 Å². The summed E-state index contributed by atoms with van der Waals surface area (Å²) in [5, 5.41) is 2.69. The number of sulfonamides is 1. The van der Waals surface area contributed by atoms with Gasteiger partial charge < -0.3 is 24.3 Å². The molecule has 1 N–H and O–H groups in total. The number of rotatable bonds is 9. The molecule has 0 atom stereocenters. The quantitative estimate of drug-likeness (QED) is 0.476. The molecule has 1 saturated heterocycles. The lowest BCUT2D eigenvalue weighted by atomic mass is 10.1. The molecule has 2 aromatic rings. The molecule has 1 aliphatic rings. The smallest absolute Gasteiger partial charge is 0.348 e. The Morgan fingerprint density at radius 1 is 1.08 bits per heavy atom. The van der Waals surface area contributed by atoms with Gasteiger partial charge in [0.2, 0.25) is 10.0 Å². The Morgan fingerprint density at radius 3 is 2.33 bits per heavy atom. The Labute approximate surface area is 213 Å². The van der Waals surface area contributed by atoms with E-state index in [1.54, 1.807) is 20.8 Å². The topological polar surface area (TPSA) is 138 Å². The summed E-state index contributed by atoms with van der Waals surface area (Å²) in [4.78, 5) is 38.4. The molecule has 36 heavy (non-hydrogen) atoms. The second-order valence-corrected chi connectivity index (χ2v) is 10.5. The zero-order chi connectivity index (χ0) is 26.5. The van der Waals surface area contributed by atoms with Crippen LogP contribution in [-0.4, -0.2) is 77.2 Å². The van der Waals surface area contributed by atoms with Crippen molar-refractivity contribution in [1.29, 1.82) is 0 Å². The molecule has 0 aliphatic carbocycles. The van der Waals surface area contributed by atoms with Crippen molar-refractivity contribution in [3.63, 3.8) is 0 Å². The van der Waals surface area contributed by atoms with Gasteiger partial charge in [-0.25, -0.2) is 18.0 Å². The van der Waals surface area contributed by atoms with E-state index in [2.05, 4.69) is 5.32 Å². The molecule has 1 aliphatic heterocycles. The van der Waals surface area contributed by atoms with Gasteiger partial charge in [-0.3, -0.25) is 4.79 Å². The first kappa shape index (κ1) is 27.6. The zero-order valence-corrected chi connectivity index (χ0v) is 22.0. The summed E-state index contributed by atoms with van der Waals surface area (Å²) in [6.45, 7) is 6.02. The SMILES string of the molecule is CCOC(=O)c1sc(NC(=O)c2cc(S(=O)(=O)N3CCOCC3)ccc2OC)c(C(=O)OCC)c1C. The number of ether oxygens (including phenoxy) is 4. The van der Waals surface area contributed by atoms with Crippen LogP contribution in [0.25, 0.3) is 0 Å². The van der Waals surface area contributed by atoms with Crippen LogP contribution in [0.4, 0.5) is 5.00 Å². The number of esters is 2. The molecule has 1 aromatic carbocycles. The number of hydrogen-bond acceptors (Lipinski definition) is 10. The fourth-order valence-corrected chi connectivity index (χ4v) is 6.09. The van der Waals surface area contributed by atoms with E-state index in [-0.39, 0.29) is 71.2 Å². The number of hydrogen-bond donors (Lipinski definition) is 1. The van der Waals surface area contributed by atoms with Gasteiger partial charge in [-0.2, -0.15) is 4.31 Å². The minimum absolute atomic E-state index is 0.0225. The van der Waals surface area contributed by atoms with E-state index in [1.807, 2.05) is 0 Å². The molecule has 0 radical (unpaired) electrons. The standard InChI is InChI=1S/C23H28N2O9S2/c1-5-33-22(27)18-14(3)19(23(28)34-6-2)35-21(18)24-20(26)16-13-15(7-8-17(16)31-4)36(29,30)25-9-11-32-12-10-25/h7-8,13H,5-6,9-12H2,1-4H3,(H,24,26). The van der Waals surface area contributed by atoms with Crippen LogP contribution < -0.4 is 10.1 Å². The van der Waals surface area contributed by atoms with Gasteiger partial charge in [-0.1, -0.05) is 0 Å². The third kappa shape index (κ3) is 5.69. The highest BCUT2D eigenvalue weighted by atomic mass is 32.2. The second-order valence-electron chi connectivity index (χ2n) is 7.53. The van der Waals surface area contributed by atoms with Gasteiger partial charge in [0.1, 0.15) is 15.6 Å². The number of anilines is 1. The molecule has 196 valence electrons. The van der Waals surface area contributed by atoms with Gasteiger partial charge in [-0.05, 0) is 44.5 Å². The number of benzene rings is 1. The highest BCUT2D eigenvalue weighted by molar-refractivity contribution is 7.89. The van der Waals surface area contributed by atoms with E-state index in [1.165, 1.54) is 29.6 Å². The minimum Gasteiger partial charge on any atom is -0.496 e. The largest absolute Gasteiger partial charge is 0.496 e. The van der Waals surface area contributed by atoms with Gasteiger partial charge in [0.15, 0.2) is 0 Å². The molecule has 11 nitrogen and oxygen atoms in total. The van der Waals surface area contributed by atoms with Crippen molar-refractivity contribution in [2.45, 2.75) is 25.7 Å². The number of amides is 1. The van der Waals surface area contributed by atoms with Crippen molar-refractivity contribution >= 4 is 44.2 Å². The summed E-state index contributed by atoms with van der Waals surface area (Å²) < 4.78 is 48.2. The fraction of sp³-hybridized carbons (Fsp3) is 0.435. The number of morpholine rings is 1. The summed E-state index contributed by atoms with van der Waals surface area (Å²) in [6, 6.07) is 3.96. The highest BCUT2D eigenvalue weighted by Crippen LogP contribution is 2.35. The molecule has 0 unspecified atom stereocenters. The Bertz CT molecular complexity index is 1250. The van der Waals surface area contributed by atoms with Crippen molar-refractivity contribution in [2.24, 2.45) is 0 Å². The number of carbonyl (C=O) groups is 3.